The first-order valence-electron chi connectivity index (χ1n) is 9.88. The Kier molecular flexibility index (Phi) is 6.06. The summed E-state index contributed by atoms with van der Waals surface area (Å²) in [4.78, 5) is 24.6. The molecule has 1 aromatic heterocycles. The molecular formula is C22H20O12. The van der Waals surface area contributed by atoms with Crippen LogP contribution in [0.5, 0.6) is 23.0 Å². The molecule has 180 valence electrons. The van der Waals surface area contributed by atoms with Crippen molar-refractivity contribution in [1.29, 1.82) is 0 Å². The fourth-order valence-corrected chi connectivity index (χ4v) is 3.53. The van der Waals surface area contributed by atoms with Crippen molar-refractivity contribution < 1.29 is 54.1 Å². The number of hydrogen-bond acceptors (Lipinski definition) is 12. The molecule has 2 heterocycles. The minimum atomic E-state index is -1.90. The van der Waals surface area contributed by atoms with Crippen LogP contribution in [0.2, 0.25) is 0 Å². The Morgan fingerprint density at radius 1 is 0.941 bits per heavy atom. The number of hydrogen-bond donors (Lipinski definition) is 6. The molecule has 2 aromatic carbocycles. The number of carbonyl (C=O) groups excluding carboxylic acids is 1. The predicted molar refractivity (Wildman–Crippen MR) is 112 cm³/mol. The van der Waals surface area contributed by atoms with Crippen molar-refractivity contribution in [3.63, 3.8) is 0 Å². The van der Waals surface area contributed by atoms with Crippen LogP contribution in [0.15, 0.2) is 45.6 Å². The fraction of sp³-hybridized carbons (Fsp3) is 0.273. The largest absolute Gasteiger partial charge is 0.508 e. The zero-order chi connectivity index (χ0) is 24.7. The van der Waals surface area contributed by atoms with Gasteiger partial charge in [-0.05, 0) is 24.3 Å². The van der Waals surface area contributed by atoms with Crippen LogP contribution in [-0.4, -0.2) is 74.4 Å². The molecule has 0 aliphatic carbocycles. The summed E-state index contributed by atoms with van der Waals surface area (Å²) in [6.07, 6.45) is -9.20. The Balaban J connectivity index is 1.82. The van der Waals surface area contributed by atoms with E-state index in [1.807, 2.05) is 0 Å². The number of aliphatic hydroxyl groups excluding tert-OH is 3. The van der Waals surface area contributed by atoms with E-state index in [9.17, 15) is 40.2 Å². The molecule has 1 aliphatic heterocycles. The standard InChI is InChI=1S/C22H20O12/c1-31-21(30)20-16(28)15(27)17(29)22(34-20)33-18-12(26)6-10(24)14-11(25)7-13(32-19(14)18)8-2-4-9(23)5-3-8/h2-7,15-17,20,22-24,26-29H,1H3. The first-order chi connectivity index (χ1) is 16.1. The van der Waals surface area contributed by atoms with E-state index >= 15 is 0 Å². The van der Waals surface area contributed by atoms with Gasteiger partial charge in [-0.1, -0.05) is 0 Å². The van der Waals surface area contributed by atoms with E-state index in [1.165, 1.54) is 24.3 Å². The number of aromatic hydroxyl groups is 3. The van der Waals surface area contributed by atoms with Gasteiger partial charge in [0, 0.05) is 17.7 Å². The lowest BCUT2D eigenvalue weighted by Crippen LogP contribution is -2.61. The molecule has 6 N–H and O–H groups in total. The summed E-state index contributed by atoms with van der Waals surface area (Å²) < 4.78 is 21.0. The predicted octanol–water partition coefficient (Wildman–Crippen LogP) is -0.0638. The Morgan fingerprint density at radius 2 is 1.62 bits per heavy atom. The van der Waals surface area contributed by atoms with Gasteiger partial charge >= 0.3 is 5.97 Å². The maximum atomic E-state index is 12.7. The molecule has 0 radical (unpaired) electrons. The van der Waals surface area contributed by atoms with Crippen LogP contribution >= 0.6 is 0 Å². The van der Waals surface area contributed by atoms with E-state index in [0.29, 0.717) is 5.56 Å². The van der Waals surface area contributed by atoms with Crippen molar-refractivity contribution >= 4 is 16.9 Å². The smallest absolute Gasteiger partial charge is 0.337 e. The second-order valence-corrected chi connectivity index (χ2v) is 7.51. The lowest BCUT2D eigenvalue weighted by molar-refractivity contribution is -0.271. The summed E-state index contributed by atoms with van der Waals surface area (Å²) in [7, 11) is 1.02. The van der Waals surface area contributed by atoms with Gasteiger partial charge in [0.05, 0.1) is 7.11 Å². The molecule has 0 spiro atoms. The summed E-state index contributed by atoms with van der Waals surface area (Å²) in [5.74, 6) is -3.01. The van der Waals surface area contributed by atoms with Crippen LogP contribution in [0, 0.1) is 0 Å². The number of rotatable bonds is 4. The zero-order valence-corrected chi connectivity index (χ0v) is 17.5. The molecule has 12 nitrogen and oxygen atoms in total. The van der Waals surface area contributed by atoms with Crippen molar-refractivity contribution in [2.75, 3.05) is 7.11 Å². The Labute approximate surface area is 190 Å². The number of esters is 1. The zero-order valence-electron chi connectivity index (χ0n) is 17.5. The van der Waals surface area contributed by atoms with E-state index in [0.717, 1.165) is 19.2 Å². The van der Waals surface area contributed by atoms with Crippen molar-refractivity contribution in [2.24, 2.45) is 0 Å². The van der Waals surface area contributed by atoms with Crippen molar-refractivity contribution in [3.05, 3.63) is 46.6 Å². The van der Waals surface area contributed by atoms with Crippen LogP contribution in [0.3, 0.4) is 0 Å². The molecule has 3 aromatic rings. The third kappa shape index (κ3) is 3.99. The lowest BCUT2D eigenvalue weighted by atomic mass is 9.99. The number of phenols is 3. The highest BCUT2D eigenvalue weighted by molar-refractivity contribution is 5.91. The van der Waals surface area contributed by atoms with Gasteiger partial charge in [0.1, 0.15) is 41.0 Å². The minimum absolute atomic E-state index is 0.0136. The molecule has 1 fully saturated rings. The molecule has 1 saturated heterocycles. The molecule has 0 amide bonds. The summed E-state index contributed by atoms with van der Waals surface area (Å²) in [6, 6.07) is 7.48. The van der Waals surface area contributed by atoms with Crippen LogP contribution in [0.4, 0.5) is 0 Å². The monoisotopic (exact) mass is 476 g/mol. The van der Waals surface area contributed by atoms with Crippen molar-refractivity contribution in [1.82, 2.24) is 0 Å². The number of aliphatic hydroxyl groups is 3. The van der Waals surface area contributed by atoms with E-state index < -0.39 is 64.9 Å². The van der Waals surface area contributed by atoms with Gasteiger partial charge in [0.15, 0.2) is 22.9 Å². The topological polar surface area (TPSA) is 196 Å². The second kappa shape index (κ2) is 8.83. The van der Waals surface area contributed by atoms with Crippen LogP contribution in [-0.2, 0) is 14.3 Å². The third-order valence-corrected chi connectivity index (χ3v) is 5.31. The van der Waals surface area contributed by atoms with Gasteiger partial charge in [-0.25, -0.2) is 4.79 Å². The molecule has 4 rings (SSSR count). The number of phenolic OH excluding ortho intramolecular Hbond substituents is 3. The molecule has 5 unspecified atom stereocenters. The van der Waals surface area contributed by atoms with Crippen molar-refractivity contribution in [3.8, 4) is 34.3 Å². The highest BCUT2D eigenvalue weighted by Crippen LogP contribution is 2.42. The lowest BCUT2D eigenvalue weighted by Gasteiger charge is -2.38. The van der Waals surface area contributed by atoms with Crippen LogP contribution in [0.25, 0.3) is 22.3 Å². The Bertz CT molecular complexity index is 1280. The first kappa shape index (κ1) is 23.3. The van der Waals surface area contributed by atoms with Crippen molar-refractivity contribution in [2.45, 2.75) is 30.7 Å². The SMILES string of the molecule is COC(=O)C1OC(Oc2c(O)cc(O)c3c(=O)cc(-c4ccc(O)cc4)oc23)C(O)C(O)C1O. The van der Waals surface area contributed by atoms with Gasteiger partial charge in [-0.15, -0.1) is 0 Å². The van der Waals surface area contributed by atoms with Gasteiger partial charge in [0.2, 0.25) is 12.0 Å². The van der Waals surface area contributed by atoms with E-state index in [1.54, 1.807) is 0 Å². The normalized spacial score (nSPS) is 24.6. The summed E-state index contributed by atoms with van der Waals surface area (Å²) in [6.45, 7) is 0. The first-order valence-corrected chi connectivity index (χ1v) is 9.88. The highest BCUT2D eigenvalue weighted by Gasteiger charge is 2.49. The van der Waals surface area contributed by atoms with Gasteiger partial charge in [-0.3, -0.25) is 4.79 Å². The highest BCUT2D eigenvalue weighted by atomic mass is 16.7. The van der Waals surface area contributed by atoms with E-state index in [2.05, 4.69) is 4.74 Å². The van der Waals surface area contributed by atoms with E-state index in [4.69, 9.17) is 13.9 Å². The summed E-state index contributed by atoms with van der Waals surface area (Å²) in [5, 5.41) is 60.2. The maximum absolute atomic E-state index is 12.7. The molecule has 0 bridgehead atoms. The van der Waals surface area contributed by atoms with Crippen LogP contribution < -0.4 is 10.2 Å². The fourth-order valence-electron chi connectivity index (χ4n) is 3.53. The molecular weight excluding hydrogens is 456 g/mol. The van der Waals surface area contributed by atoms with Crippen LogP contribution in [0.1, 0.15) is 0 Å². The maximum Gasteiger partial charge on any atom is 0.337 e. The molecule has 12 heteroatoms. The minimum Gasteiger partial charge on any atom is -0.508 e. The average molecular weight is 476 g/mol. The Morgan fingerprint density at radius 3 is 2.26 bits per heavy atom. The summed E-state index contributed by atoms with van der Waals surface area (Å²) in [5.41, 5.74) is -0.775. The molecule has 5 atom stereocenters. The number of methoxy groups -OCH3 is 1. The van der Waals surface area contributed by atoms with Gasteiger partial charge < -0.3 is 49.3 Å². The molecule has 0 saturated carbocycles. The van der Waals surface area contributed by atoms with Gasteiger partial charge in [0.25, 0.3) is 0 Å². The van der Waals surface area contributed by atoms with Gasteiger partial charge in [-0.2, -0.15) is 0 Å². The average Bonchev–Trinajstić information content (AvgIpc) is 2.80. The Hall–Kier alpha value is -3.84. The molecule has 34 heavy (non-hydrogen) atoms. The number of ether oxygens (including phenoxy) is 3. The summed E-state index contributed by atoms with van der Waals surface area (Å²) >= 11 is 0. The number of benzene rings is 2. The second-order valence-electron chi connectivity index (χ2n) is 7.51. The number of carbonyl (C=O) groups is 1. The van der Waals surface area contributed by atoms with E-state index in [-0.39, 0.29) is 16.9 Å². The third-order valence-electron chi connectivity index (χ3n) is 5.31. The quantitative estimate of drug-likeness (QED) is 0.275. The molecule has 1 aliphatic rings. The number of fused-ring (bicyclic) bond motifs is 1.